The minimum Gasteiger partial charge on any atom is -0.462 e. The number of esters is 3. The molecule has 0 radical (unpaired) electrons. The van der Waals surface area contributed by atoms with Crippen molar-refractivity contribution >= 4 is 17.9 Å². The molecule has 0 aromatic heterocycles. The highest BCUT2D eigenvalue weighted by Crippen LogP contribution is 2.14. The van der Waals surface area contributed by atoms with Gasteiger partial charge in [-0.1, -0.05) is 196 Å². The van der Waals surface area contributed by atoms with E-state index in [2.05, 4.69) is 93.7 Å². The molecule has 0 aromatic carbocycles. The predicted molar refractivity (Wildman–Crippen MR) is 256 cm³/mol. The lowest BCUT2D eigenvalue weighted by molar-refractivity contribution is -0.167. The average Bonchev–Trinajstić information content (AvgIpc) is 3.24. The lowest BCUT2D eigenvalue weighted by Crippen LogP contribution is -2.30. The van der Waals surface area contributed by atoms with E-state index in [1.807, 2.05) is 0 Å². The van der Waals surface area contributed by atoms with Crippen LogP contribution in [0.4, 0.5) is 0 Å². The van der Waals surface area contributed by atoms with Gasteiger partial charge in [0, 0.05) is 19.3 Å². The highest BCUT2D eigenvalue weighted by Gasteiger charge is 2.19. The normalized spacial score (nSPS) is 12.7. The van der Waals surface area contributed by atoms with E-state index < -0.39 is 6.10 Å². The molecule has 6 heteroatoms. The Hall–Kier alpha value is -3.15. The minimum absolute atomic E-state index is 0.0940. The fraction of sp³-hybridized carbons (Fsp3) is 0.722. The third kappa shape index (κ3) is 45.9. The first-order valence-corrected chi connectivity index (χ1v) is 24.9. The molecule has 0 aliphatic heterocycles. The highest BCUT2D eigenvalue weighted by molar-refractivity contribution is 5.71. The molecule has 0 amide bonds. The summed E-state index contributed by atoms with van der Waals surface area (Å²) >= 11 is 0. The van der Waals surface area contributed by atoms with Gasteiger partial charge >= 0.3 is 17.9 Å². The summed E-state index contributed by atoms with van der Waals surface area (Å²) in [5.74, 6) is -0.947. The van der Waals surface area contributed by atoms with Crippen molar-refractivity contribution in [3.8, 4) is 0 Å². The van der Waals surface area contributed by atoms with Crippen LogP contribution in [0, 0.1) is 0 Å². The Labute approximate surface area is 370 Å². The van der Waals surface area contributed by atoms with Gasteiger partial charge in [0.1, 0.15) is 13.2 Å². The zero-order chi connectivity index (χ0) is 43.7. The summed E-state index contributed by atoms with van der Waals surface area (Å²) in [5.41, 5.74) is 0. The summed E-state index contributed by atoms with van der Waals surface area (Å²) in [4.78, 5) is 37.8. The van der Waals surface area contributed by atoms with Crippen LogP contribution in [0.15, 0.2) is 72.9 Å². The molecule has 0 fully saturated rings. The van der Waals surface area contributed by atoms with Crippen LogP contribution in [0.1, 0.15) is 233 Å². The molecular formula is C54H92O6. The molecule has 0 bridgehead atoms. The van der Waals surface area contributed by atoms with E-state index in [1.54, 1.807) is 0 Å². The standard InChI is InChI=1S/C54H92O6/c1-4-7-10-13-16-19-21-23-25-26-27-29-30-32-35-38-41-44-47-53(56)59-50-51(49-58-52(55)46-43-40-37-34-18-15-12-9-6-3)60-54(57)48-45-42-39-36-33-31-28-24-22-20-17-14-11-8-5-2/h8,11,17,19-21,24-26,28,33,36,51H,4-7,9-10,12-16,18,22-23,27,29-32,34-35,37-50H2,1-3H3/b11-8-,20-17-,21-19-,26-25-,28-24-,36-33-. The van der Waals surface area contributed by atoms with Gasteiger partial charge in [-0.25, -0.2) is 0 Å². The van der Waals surface area contributed by atoms with Gasteiger partial charge in [0.2, 0.25) is 0 Å². The molecular weight excluding hydrogens is 745 g/mol. The van der Waals surface area contributed by atoms with Crippen LogP contribution in [0.25, 0.3) is 0 Å². The molecule has 0 aromatic rings. The van der Waals surface area contributed by atoms with Crippen molar-refractivity contribution in [2.75, 3.05) is 13.2 Å². The lowest BCUT2D eigenvalue weighted by Gasteiger charge is -2.18. The molecule has 60 heavy (non-hydrogen) atoms. The molecule has 1 atom stereocenters. The molecule has 0 heterocycles. The molecule has 6 nitrogen and oxygen atoms in total. The van der Waals surface area contributed by atoms with Gasteiger partial charge in [0.15, 0.2) is 6.10 Å². The Morgan fingerprint density at radius 1 is 0.350 bits per heavy atom. The summed E-state index contributed by atoms with van der Waals surface area (Å²) in [7, 11) is 0. The maximum absolute atomic E-state index is 12.7. The zero-order valence-corrected chi connectivity index (χ0v) is 39.2. The number of allylic oxidation sites excluding steroid dienone is 12. The number of carbonyl (C=O) groups excluding carboxylic acids is 3. The van der Waals surface area contributed by atoms with Crippen LogP contribution in [-0.4, -0.2) is 37.2 Å². The maximum atomic E-state index is 12.7. The predicted octanol–water partition coefficient (Wildman–Crippen LogP) is 16.3. The summed E-state index contributed by atoms with van der Waals surface area (Å²) in [6.45, 7) is 6.44. The van der Waals surface area contributed by atoms with E-state index in [1.165, 1.54) is 96.3 Å². The SMILES string of the molecule is CC/C=C\C/C=C\C/C=C\C/C=C\CCCCC(=O)OC(COC(=O)CCCCCCCCC/C=C\C/C=C\CCCCCC)COC(=O)CCCCCCCCCCC. The van der Waals surface area contributed by atoms with Crippen molar-refractivity contribution in [1.29, 1.82) is 0 Å². The Balaban J connectivity index is 4.40. The van der Waals surface area contributed by atoms with Gasteiger partial charge in [-0.15, -0.1) is 0 Å². The maximum Gasteiger partial charge on any atom is 0.306 e. The number of hydrogen-bond acceptors (Lipinski definition) is 6. The van der Waals surface area contributed by atoms with Gasteiger partial charge in [0.25, 0.3) is 0 Å². The molecule has 0 spiro atoms. The van der Waals surface area contributed by atoms with Crippen molar-refractivity contribution in [2.45, 2.75) is 239 Å². The summed E-state index contributed by atoms with van der Waals surface area (Å²) in [5, 5.41) is 0. The Morgan fingerprint density at radius 2 is 0.650 bits per heavy atom. The smallest absolute Gasteiger partial charge is 0.306 e. The van der Waals surface area contributed by atoms with E-state index in [-0.39, 0.29) is 37.5 Å². The molecule has 1 unspecified atom stereocenters. The third-order valence-corrected chi connectivity index (χ3v) is 10.4. The van der Waals surface area contributed by atoms with Gasteiger partial charge in [0.05, 0.1) is 0 Å². The first kappa shape index (κ1) is 56.9. The summed E-state index contributed by atoms with van der Waals surface area (Å²) < 4.78 is 16.7. The second kappa shape index (κ2) is 48.5. The molecule has 0 aliphatic rings. The van der Waals surface area contributed by atoms with E-state index in [0.29, 0.717) is 19.3 Å². The van der Waals surface area contributed by atoms with Crippen LogP contribution >= 0.6 is 0 Å². The van der Waals surface area contributed by atoms with Crippen LogP contribution in [0.5, 0.6) is 0 Å². The van der Waals surface area contributed by atoms with E-state index in [9.17, 15) is 14.4 Å². The number of carbonyl (C=O) groups is 3. The van der Waals surface area contributed by atoms with Crippen LogP contribution in [-0.2, 0) is 28.6 Å². The van der Waals surface area contributed by atoms with Crippen molar-refractivity contribution in [2.24, 2.45) is 0 Å². The van der Waals surface area contributed by atoms with Gasteiger partial charge < -0.3 is 14.2 Å². The Kier molecular flexibility index (Phi) is 46.0. The average molecular weight is 837 g/mol. The summed E-state index contributed by atoms with van der Waals surface area (Å²) in [6, 6.07) is 0. The topological polar surface area (TPSA) is 78.9 Å². The number of rotatable bonds is 44. The molecule has 0 saturated heterocycles. The van der Waals surface area contributed by atoms with Gasteiger partial charge in [-0.05, 0) is 89.9 Å². The largest absolute Gasteiger partial charge is 0.462 e. The molecule has 0 N–H and O–H groups in total. The van der Waals surface area contributed by atoms with Gasteiger partial charge in [-0.2, -0.15) is 0 Å². The molecule has 0 aliphatic carbocycles. The fourth-order valence-corrected chi connectivity index (χ4v) is 6.70. The lowest BCUT2D eigenvalue weighted by atomic mass is 10.1. The van der Waals surface area contributed by atoms with E-state index in [0.717, 1.165) is 89.9 Å². The van der Waals surface area contributed by atoms with Crippen LogP contribution < -0.4 is 0 Å². The monoisotopic (exact) mass is 837 g/mol. The number of ether oxygens (including phenoxy) is 3. The Morgan fingerprint density at radius 3 is 1.07 bits per heavy atom. The van der Waals surface area contributed by atoms with Crippen molar-refractivity contribution in [3.05, 3.63) is 72.9 Å². The second-order valence-corrected chi connectivity index (χ2v) is 16.3. The van der Waals surface area contributed by atoms with Crippen molar-refractivity contribution < 1.29 is 28.6 Å². The van der Waals surface area contributed by atoms with Crippen LogP contribution in [0.2, 0.25) is 0 Å². The zero-order valence-electron chi connectivity index (χ0n) is 39.2. The fourth-order valence-electron chi connectivity index (χ4n) is 6.70. The first-order chi connectivity index (χ1) is 29.5. The molecule has 0 saturated carbocycles. The van der Waals surface area contributed by atoms with Gasteiger partial charge in [-0.3, -0.25) is 14.4 Å². The quantitative estimate of drug-likeness (QED) is 0.0263. The van der Waals surface area contributed by atoms with E-state index >= 15 is 0 Å². The van der Waals surface area contributed by atoms with Crippen LogP contribution in [0.3, 0.4) is 0 Å². The first-order valence-electron chi connectivity index (χ1n) is 24.9. The second-order valence-electron chi connectivity index (χ2n) is 16.3. The molecule has 0 rings (SSSR count). The number of hydrogen-bond donors (Lipinski definition) is 0. The summed E-state index contributed by atoms with van der Waals surface area (Å²) in [6.07, 6.45) is 60.3. The highest BCUT2D eigenvalue weighted by atomic mass is 16.6. The minimum atomic E-state index is -0.797. The van der Waals surface area contributed by atoms with Crippen molar-refractivity contribution in [1.82, 2.24) is 0 Å². The van der Waals surface area contributed by atoms with E-state index in [4.69, 9.17) is 14.2 Å². The van der Waals surface area contributed by atoms with Crippen molar-refractivity contribution in [3.63, 3.8) is 0 Å². The third-order valence-electron chi connectivity index (χ3n) is 10.4. The number of unbranched alkanes of at least 4 members (excludes halogenated alkanes) is 21. The Bertz CT molecular complexity index is 1140. The molecule has 344 valence electrons.